The minimum Gasteiger partial charge on any atom is -0.0654 e. The molecule has 0 aliphatic carbocycles. The van der Waals surface area contributed by atoms with E-state index in [4.69, 9.17) is 0 Å². The first kappa shape index (κ1) is 72.0. The first-order valence-electron chi connectivity index (χ1n) is 34.8. The molecular formula is C75H130N2Pd. The Bertz CT molecular complexity index is 1690. The molecule has 0 aromatic heterocycles. The summed E-state index contributed by atoms with van der Waals surface area (Å²) in [5.74, 6) is 0. The molecule has 1 heterocycles. The van der Waals surface area contributed by atoms with E-state index in [-0.39, 0.29) is 0 Å². The van der Waals surface area contributed by atoms with E-state index in [9.17, 15) is 5.53 Å². The zero-order valence-electron chi connectivity index (χ0n) is 52.8. The predicted octanol–water partition coefficient (Wildman–Crippen LogP) is 27.2. The van der Waals surface area contributed by atoms with Crippen LogP contribution < -0.4 is 0 Å². The van der Waals surface area contributed by atoms with Gasteiger partial charge in [-0.1, -0.05) is 218 Å². The minimum absolute atomic E-state index is 0.886. The van der Waals surface area contributed by atoms with Crippen LogP contribution >= 0.6 is 0 Å². The van der Waals surface area contributed by atoms with Gasteiger partial charge in [0.1, 0.15) is 0 Å². The Morgan fingerprint density at radius 3 is 1.10 bits per heavy atom. The third-order valence-corrected chi connectivity index (χ3v) is 18.8. The van der Waals surface area contributed by atoms with Crippen molar-refractivity contribution in [3.8, 4) is 0 Å². The van der Waals surface area contributed by atoms with Crippen LogP contribution in [0.4, 0.5) is 0 Å². The standard InChI is InChI=1S/C31H40N2.2C22H45.Pd/c1-4-7-9-10-11-12-16-26-18-13-20-27(22-26)30-24-29(19-8-5-2)31(33(30)32)28-21-14-17-25(23-28)15-6-3;2*1-3-5-7-9-11-13-15-17-19-21-22-20-18-16-14-12-10-8-6-4-2;/h6,13-15,17-18,20-24H,4-5,7-12,16,19H2,1-3H3;2*1,3-22H2,2H3;. The molecule has 0 spiro atoms. The Morgan fingerprint density at radius 1 is 0.372 bits per heavy atom. The van der Waals surface area contributed by atoms with Gasteiger partial charge in [-0.3, -0.25) is 0 Å². The van der Waals surface area contributed by atoms with Crippen LogP contribution in [-0.4, -0.2) is 4.70 Å². The smallest absolute Gasteiger partial charge is 0.0654 e. The van der Waals surface area contributed by atoms with Gasteiger partial charge in [-0.15, -0.1) is 0 Å². The molecule has 2 nitrogen and oxygen atoms in total. The van der Waals surface area contributed by atoms with E-state index in [1.165, 1.54) is 311 Å². The van der Waals surface area contributed by atoms with E-state index in [2.05, 4.69) is 94.5 Å². The first-order chi connectivity index (χ1) is 38.6. The second kappa shape index (κ2) is 55.5. The molecule has 78 heavy (non-hydrogen) atoms. The molecule has 2 aromatic rings. The fourth-order valence-corrected chi connectivity index (χ4v) is 13.4. The van der Waals surface area contributed by atoms with Gasteiger partial charge in [-0.05, 0) is 68.0 Å². The summed E-state index contributed by atoms with van der Waals surface area (Å²) in [4.78, 5) is 3.10. The van der Waals surface area contributed by atoms with Crippen molar-refractivity contribution >= 4 is 17.5 Å². The normalized spacial score (nSPS) is 12.6. The van der Waals surface area contributed by atoms with E-state index < -0.39 is 0 Å². The third kappa shape index (κ3) is 40.2. The molecule has 0 atom stereocenters. The van der Waals surface area contributed by atoms with Gasteiger partial charge in [0.15, 0.2) is 0 Å². The Hall–Kier alpha value is -2.08. The van der Waals surface area contributed by atoms with Crippen LogP contribution in [0.1, 0.15) is 371 Å². The van der Waals surface area contributed by atoms with Gasteiger partial charge in [0.25, 0.3) is 0 Å². The Labute approximate surface area is 496 Å². The minimum atomic E-state index is 0.886. The molecule has 1 aliphatic heterocycles. The molecule has 0 saturated carbocycles. The monoisotopic (exact) mass is 1160 g/mol. The Balaban J connectivity index is 0.000000556. The molecule has 450 valence electrons. The summed E-state index contributed by atoms with van der Waals surface area (Å²) in [6, 6.07) is 17.2. The number of rotatable bonds is 55. The molecule has 0 amide bonds. The van der Waals surface area contributed by atoms with Gasteiger partial charge in [0, 0.05) is 22.8 Å². The third-order valence-electron chi connectivity index (χ3n) is 16.6. The second-order valence-electron chi connectivity index (χ2n) is 24.1. The molecule has 0 N–H and O–H groups in total. The topological polar surface area (TPSA) is 25.3 Å². The summed E-state index contributed by atoms with van der Waals surface area (Å²) in [5, 5.41) is 0. The van der Waals surface area contributed by atoms with Crippen molar-refractivity contribution in [1.29, 1.82) is 0 Å². The number of benzene rings is 2. The number of allylic oxidation sites excluding steroid dienone is 3. The SMILES string of the molecule is CC=Cc1cccc(C2=C(CCCC)C=C(c3cccc(CCCCCCCC)c3)[N+]2=[N-])c1.CCCCCCCCCCCCCCCCCCCCC[CH2][Pd][CH2]CCCCCCCCCCCCCCCCCCCCC. The van der Waals surface area contributed by atoms with Crippen LogP contribution in [0.3, 0.4) is 0 Å². The van der Waals surface area contributed by atoms with Gasteiger partial charge >= 0.3 is 169 Å². The molecular weight excluding hydrogens is 1040 g/mol. The van der Waals surface area contributed by atoms with Crippen molar-refractivity contribution in [2.75, 3.05) is 0 Å². The second-order valence-corrected chi connectivity index (χ2v) is 26.4. The molecule has 0 fully saturated rings. The van der Waals surface area contributed by atoms with E-state index in [0.29, 0.717) is 0 Å². The fourth-order valence-electron chi connectivity index (χ4n) is 11.5. The maximum atomic E-state index is 11.3. The van der Waals surface area contributed by atoms with Crippen molar-refractivity contribution < 1.29 is 22.7 Å². The van der Waals surface area contributed by atoms with Crippen molar-refractivity contribution in [3.63, 3.8) is 0 Å². The van der Waals surface area contributed by atoms with Crippen molar-refractivity contribution in [2.24, 2.45) is 0 Å². The van der Waals surface area contributed by atoms with Crippen LogP contribution in [0.5, 0.6) is 0 Å². The maximum absolute atomic E-state index is 11.3. The molecule has 2 aromatic carbocycles. The number of hydrogen-bond donors (Lipinski definition) is 0. The number of nitrogens with zero attached hydrogens (tertiary/aromatic N) is 2. The van der Waals surface area contributed by atoms with Crippen LogP contribution in [0.15, 0.2) is 66.3 Å². The quantitative estimate of drug-likeness (QED) is 0.0358. The van der Waals surface area contributed by atoms with E-state index >= 15 is 0 Å². The van der Waals surface area contributed by atoms with Crippen molar-refractivity contribution in [1.82, 2.24) is 0 Å². The number of unbranched alkanes of at least 4 members (excludes halogenated alkanes) is 44. The molecule has 0 saturated heterocycles. The summed E-state index contributed by atoms with van der Waals surface area (Å²) < 4.78 is 1.42. The summed E-state index contributed by atoms with van der Waals surface area (Å²) in [7, 11) is 0. The molecule has 3 rings (SSSR count). The predicted molar refractivity (Wildman–Crippen MR) is 348 cm³/mol. The van der Waals surface area contributed by atoms with Gasteiger partial charge in [-0.2, -0.15) is 0 Å². The molecule has 0 unspecified atom stereocenters. The Kier molecular flexibility index (Phi) is 51.2. The van der Waals surface area contributed by atoms with Gasteiger partial charge in [-0.25, -0.2) is 4.70 Å². The van der Waals surface area contributed by atoms with Crippen LogP contribution in [0, 0.1) is 0 Å². The average Bonchev–Trinajstić information content (AvgIpc) is 3.92. The van der Waals surface area contributed by atoms with E-state index in [1.54, 1.807) is 9.79 Å². The van der Waals surface area contributed by atoms with E-state index in [1.807, 2.05) is 6.92 Å². The average molecular weight is 1170 g/mol. The van der Waals surface area contributed by atoms with Crippen molar-refractivity contribution in [3.05, 3.63) is 94.0 Å². The summed E-state index contributed by atoms with van der Waals surface area (Å²) in [6.07, 6.45) is 78.1. The van der Waals surface area contributed by atoms with Gasteiger partial charge in [0.05, 0.1) is 0 Å². The van der Waals surface area contributed by atoms with Crippen LogP contribution in [-0.2, 0) is 24.4 Å². The number of aryl methyl sites for hydroxylation is 1. The molecule has 1 aliphatic rings. The van der Waals surface area contributed by atoms with Crippen molar-refractivity contribution in [2.45, 2.75) is 365 Å². The van der Waals surface area contributed by atoms with Crippen LogP contribution in [0.2, 0.25) is 9.79 Å². The molecule has 0 bridgehead atoms. The molecule has 0 radical (unpaired) electrons. The molecule has 3 heteroatoms. The summed E-state index contributed by atoms with van der Waals surface area (Å²) >= 11 is 1.06. The zero-order valence-corrected chi connectivity index (χ0v) is 54.4. The van der Waals surface area contributed by atoms with Gasteiger partial charge in [0.2, 0.25) is 11.4 Å². The zero-order chi connectivity index (χ0) is 55.9. The van der Waals surface area contributed by atoms with Gasteiger partial charge < -0.3 is 5.53 Å². The Morgan fingerprint density at radius 2 is 0.718 bits per heavy atom. The van der Waals surface area contributed by atoms with E-state index in [0.717, 1.165) is 71.7 Å². The summed E-state index contributed by atoms with van der Waals surface area (Å²) in [5.41, 5.74) is 19.0. The number of hydrogen-bond acceptors (Lipinski definition) is 0. The summed E-state index contributed by atoms with van der Waals surface area (Å²) in [6.45, 7) is 11.1. The first-order valence-corrected chi connectivity index (χ1v) is 37.0. The fraction of sp³-hybridized carbons (Fsp3) is 0.760. The van der Waals surface area contributed by atoms with Crippen LogP contribution in [0.25, 0.3) is 23.0 Å².